The maximum Gasteiger partial charge on any atom is 0.166 e. The fourth-order valence-electron chi connectivity index (χ4n) is 4.38. The number of aryl methyl sites for hydroxylation is 1. The maximum atomic E-state index is 12.8. The van der Waals surface area contributed by atoms with Crippen molar-refractivity contribution in [3.63, 3.8) is 0 Å². The number of Topliss-reactive ketones (excluding diaryl/α,β-unsaturated/α-hetero) is 1. The molecule has 0 radical (unpaired) electrons. The molecule has 1 atom stereocenters. The molecule has 2 aromatic rings. The van der Waals surface area contributed by atoms with Crippen molar-refractivity contribution < 1.29 is 9.53 Å². The predicted octanol–water partition coefficient (Wildman–Crippen LogP) is 4.50. The first-order valence-electron chi connectivity index (χ1n) is 9.98. The summed E-state index contributed by atoms with van der Waals surface area (Å²) in [6.07, 6.45) is 3.01. The van der Waals surface area contributed by atoms with Crippen molar-refractivity contribution in [2.45, 2.75) is 19.3 Å². The SMILES string of the molecule is COc1ccccc1N1CCN(CCC2CCc3ccccc3C2=O)CC1.Cl.Cl. The molecule has 2 aliphatic rings. The van der Waals surface area contributed by atoms with Crippen LogP contribution >= 0.6 is 24.8 Å². The summed E-state index contributed by atoms with van der Waals surface area (Å²) in [7, 11) is 1.73. The summed E-state index contributed by atoms with van der Waals surface area (Å²) in [5.41, 5.74) is 3.36. The number of hydrogen-bond donors (Lipinski definition) is 0. The molecule has 1 heterocycles. The summed E-state index contributed by atoms with van der Waals surface area (Å²) in [5.74, 6) is 1.48. The van der Waals surface area contributed by atoms with Gasteiger partial charge < -0.3 is 9.64 Å². The number of fused-ring (bicyclic) bond motifs is 1. The van der Waals surface area contributed by atoms with E-state index in [0.717, 1.165) is 63.3 Å². The molecule has 0 aromatic heterocycles. The van der Waals surface area contributed by atoms with Gasteiger partial charge in [0.1, 0.15) is 5.75 Å². The zero-order chi connectivity index (χ0) is 18.6. The van der Waals surface area contributed by atoms with Crippen LogP contribution in [0.5, 0.6) is 5.75 Å². The summed E-state index contributed by atoms with van der Waals surface area (Å²) < 4.78 is 5.50. The van der Waals surface area contributed by atoms with E-state index in [2.05, 4.69) is 28.0 Å². The van der Waals surface area contributed by atoms with Gasteiger partial charge in [0.05, 0.1) is 12.8 Å². The van der Waals surface area contributed by atoms with E-state index < -0.39 is 0 Å². The minimum absolute atomic E-state index is 0. The molecule has 2 aromatic carbocycles. The van der Waals surface area contributed by atoms with Crippen LogP contribution in [0.2, 0.25) is 0 Å². The quantitative estimate of drug-likeness (QED) is 0.690. The number of benzene rings is 2. The van der Waals surface area contributed by atoms with E-state index in [1.54, 1.807) is 7.11 Å². The second kappa shape index (κ2) is 10.9. The molecular formula is C23H30Cl2N2O2. The molecular weight excluding hydrogens is 407 g/mol. The molecule has 4 nitrogen and oxygen atoms in total. The largest absolute Gasteiger partial charge is 0.495 e. The van der Waals surface area contributed by atoms with Crippen LogP contribution in [0, 0.1) is 5.92 Å². The highest BCUT2D eigenvalue weighted by molar-refractivity contribution is 6.00. The summed E-state index contributed by atoms with van der Waals surface area (Å²) in [6, 6.07) is 16.3. The van der Waals surface area contributed by atoms with Gasteiger partial charge in [0.25, 0.3) is 0 Å². The Hall–Kier alpha value is -1.75. The molecule has 29 heavy (non-hydrogen) atoms. The Kier molecular flexibility index (Phi) is 8.81. The normalized spacial score (nSPS) is 19.0. The summed E-state index contributed by atoms with van der Waals surface area (Å²) in [5, 5.41) is 0. The Morgan fingerprint density at radius 3 is 2.41 bits per heavy atom. The molecule has 0 amide bonds. The smallest absolute Gasteiger partial charge is 0.166 e. The van der Waals surface area contributed by atoms with Gasteiger partial charge in [-0.15, -0.1) is 24.8 Å². The van der Waals surface area contributed by atoms with E-state index in [-0.39, 0.29) is 30.7 Å². The van der Waals surface area contributed by atoms with Gasteiger partial charge in [-0.05, 0) is 43.5 Å². The van der Waals surface area contributed by atoms with E-state index in [1.165, 1.54) is 11.3 Å². The molecule has 6 heteroatoms. The van der Waals surface area contributed by atoms with Gasteiger partial charge in [-0.25, -0.2) is 0 Å². The number of halogens is 2. The third kappa shape index (κ3) is 5.25. The molecule has 0 bridgehead atoms. The van der Waals surface area contributed by atoms with Gasteiger partial charge in [0.15, 0.2) is 5.78 Å². The van der Waals surface area contributed by atoms with Crippen LogP contribution in [-0.2, 0) is 6.42 Å². The van der Waals surface area contributed by atoms with Crippen molar-refractivity contribution in [2.75, 3.05) is 44.7 Å². The van der Waals surface area contributed by atoms with Crippen molar-refractivity contribution in [1.82, 2.24) is 4.90 Å². The standard InChI is InChI=1S/C23H28N2O2.2ClH/c1-27-22-9-5-4-8-21(22)25-16-14-24(15-17-25)13-12-19-11-10-18-6-2-3-7-20(18)23(19)26;;/h2-9,19H,10-17H2,1H3;2*1H. The van der Waals surface area contributed by atoms with E-state index in [9.17, 15) is 4.79 Å². The van der Waals surface area contributed by atoms with E-state index >= 15 is 0 Å². The molecule has 1 aliphatic carbocycles. The highest BCUT2D eigenvalue weighted by Crippen LogP contribution is 2.30. The Labute approximate surface area is 186 Å². The Bertz CT molecular complexity index is 807. The fraction of sp³-hybridized carbons (Fsp3) is 0.435. The molecule has 1 unspecified atom stereocenters. The van der Waals surface area contributed by atoms with Crippen LogP contribution in [0.1, 0.15) is 28.8 Å². The Morgan fingerprint density at radius 1 is 0.966 bits per heavy atom. The van der Waals surface area contributed by atoms with Gasteiger partial charge in [-0.3, -0.25) is 9.69 Å². The van der Waals surface area contributed by atoms with Crippen LogP contribution in [0.15, 0.2) is 48.5 Å². The minimum atomic E-state index is 0. The number of carbonyl (C=O) groups is 1. The molecule has 0 saturated carbocycles. The number of piperazine rings is 1. The van der Waals surface area contributed by atoms with Crippen LogP contribution in [0.3, 0.4) is 0 Å². The fourth-order valence-corrected chi connectivity index (χ4v) is 4.38. The average Bonchev–Trinajstić information content (AvgIpc) is 2.74. The van der Waals surface area contributed by atoms with E-state index in [1.807, 2.05) is 30.3 Å². The van der Waals surface area contributed by atoms with Crippen molar-refractivity contribution in [1.29, 1.82) is 0 Å². The zero-order valence-corrected chi connectivity index (χ0v) is 18.5. The third-order valence-electron chi connectivity index (χ3n) is 6.01. The number of nitrogens with zero attached hydrogens (tertiary/aromatic N) is 2. The van der Waals surface area contributed by atoms with Crippen LogP contribution in [-0.4, -0.2) is 50.5 Å². The summed E-state index contributed by atoms with van der Waals surface area (Å²) >= 11 is 0. The number of para-hydroxylation sites is 2. The molecule has 0 N–H and O–H groups in total. The first kappa shape index (κ1) is 23.5. The van der Waals surface area contributed by atoms with Gasteiger partial charge in [0, 0.05) is 37.7 Å². The number of carbonyl (C=O) groups excluding carboxylic acids is 1. The van der Waals surface area contributed by atoms with Crippen molar-refractivity contribution in [2.24, 2.45) is 5.92 Å². The highest BCUT2D eigenvalue weighted by atomic mass is 35.5. The lowest BCUT2D eigenvalue weighted by molar-refractivity contribution is 0.0881. The topological polar surface area (TPSA) is 32.8 Å². The lowest BCUT2D eigenvalue weighted by Gasteiger charge is -2.37. The summed E-state index contributed by atoms with van der Waals surface area (Å²) in [6.45, 7) is 5.09. The molecule has 0 spiro atoms. The zero-order valence-electron chi connectivity index (χ0n) is 16.9. The van der Waals surface area contributed by atoms with Crippen molar-refractivity contribution >= 4 is 36.3 Å². The van der Waals surface area contributed by atoms with Crippen molar-refractivity contribution in [3.05, 3.63) is 59.7 Å². The number of ketones is 1. The molecule has 4 rings (SSSR count). The summed E-state index contributed by atoms with van der Waals surface area (Å²) in [4.78, 5) is 17.7. The average molecular weight is 437 g/mol. The first-order chi connectivity index (χ1) is 13.3. The molecule has 1 fully saturated rings. The van der Waals surface area contributed by atoms with Crippen molar-refractivity contribution in [3.8, 4) is 5.75 Å². The number of ether oxygens (including phenoxy) is 1. The number of anilines is 1. The van der Waals surface area contributed by atoms with Crippen LogP contribution < -0.4 is 9.64 Å². The van der Waals surface area contributed by atoms with Gasteiger partial charge >= 0.3 is 0 Å². The monoisotopic (exact) mass is 436 g/mol. The Balaban J connectivity index is 0.00000150. The predicted molar refractivity (Wildman–Crippen MR) is 123 cm³/mol. The third-order valence-corrected chi connectivity index (χ3v) is 6.01. The lowest BCUT2D eigenvalue weighted by Crippen LogP contribution is -2.47. The second-order valence-corrected chi connectivity index (χ2v) is 7.55. The molecule has 158 valence electrons. The number of hydrogen-bond acceptors (Lipinski definition) is 4. The molecule has 1 aliphatic heterocycles. The molecule has 1 saturated heterocycles. The van der Waals surface area contributed by atoms with Crippen LogP contribution in [0.4, 0.5) is 5.69 Å². The van der Waals surface area contributed by atoms with Gasteiger partial charge in [0.2, 0.25) is 0 Å². The van der Waals surface area contributed by atoms with Gasteiger partial charge in [-0.1, -0.05) is 36.4 Å². The number of rotatable bonds is 5. The van der Waals surface area contributed by atoms with E-state index in [4.69, 9.17) is 4.74 Å². The van der Waals surface area contributed by atoms with Gasteiger partial charge in [-0.2, -0.15) is 0 Å². The Morgan fingerprint density at radius 2 is 1.66 bits per heavy atom. The minimum Gasteiger partial charge on any atom is -0.495 e. The van der Waals surface area contributed by atoms with Crippen LogP contribution in [0.25, 0.3) is 0 Å². The second-order valence-electron chi connectivity index (χ2n) is 7.55. The maximum absolute atomic E-state index is 12.8. The van der Waals surface area contributed by atoms with E-state index in [0.29, 0.717) is 5.78 Å². The highest BCUT2D eigenvalue weighted by Gasteiger charge is 2.28. The first-order valence-corrected chi connectivity index (χ1v) is 9.98. The number of methoxy groups -OCH3 is 1. The lowest BCUT2D eigenvalue weighted by atomic mass is 9.81.